The third-order valence-electron chi connectivity index (χ3n) is 3.46. The van der Waals surface area contributed by atoms with Crippen LogP contribution in [0.1, 0.15) is 45.2 Å². The maximum atomic E-state index is 8.63. The summed E-state index contributed by atoms with van der Waals surface area (Å²) >= 11 is 0. The molecule has 1 aliphatic rings. The van der Waals surface area contributed by atoms with Crippen molar-refractivity contribution in [1.82, 2.24) is 9.97 Å². The molecule has 90 valence electrons. The van der Waals surface area contributed by atoms with Gasteiger partial charge in [0.1, 0.15) is 11.9 Å². The lowest BCUT2D eigenvalue weighted by molar-refractivity contribution is 0.232. The van der Waals surface area contributed by atoms with E-state index in [4.69, 9.17) is 5.26 Å². The highest BCUT2D eigenvalue weighted by molar-refractivity contribution is 5.34. The number of nitrogens with zero attached hydrogens (tertiary/aromatic N) is 3. The molecule has 1 fully saturated rings. The van der Waals surface area contributed by atoms with E-state index >= 15 is 0 Å². The van der Waals surface area contributed by atoms with Crippen LogP contribution in [0, 0.1) is 16.7 Å². The minimum atomic E-state index is 0.361. The quantitative estimate of drug-likeness (QED) is 0.848. The first-order valence-corrected chi connectivity index (χ1v) is 6.08. The van der Waals surface area contributed by atoms with Crippen LogP contribution in [0.2, 0.25) is 0 Å². The standard InChI is InChI=1S/C13H18N4/c1-13(2)5-3-10(4-6-13)17-12-9-15-11(7-14)8-16-12/h8-10H,3-6H2,1-2H3,(H,16,17). The van der Waals surface area contributed by atoms with Gasteiger partial charge < -0.3 is 5.32 Å². The molecule has 0 aromatic carbocycles. The van der Waals surface area contributed by atoms with Gasteiger partial charge in [0, 0.05) is 6.04 Å². The molecule has 0 atom stereocenters. The number of rotatable bonds is 2. The van der Waals surface area contributed by atoms with Gasteiger partial charge in [-0.25, -0.2) is 9.97 Å². The summed E-state index contributed by atoms with van der Waals surface area (Å²) in [5.74, 6) is 0.772. The summed E-state index contributed by atoms with van der Waals surface area (Å²) in [4.78, 5) is 8.19. The Kier molecular flexibility index (Phi) is 3.28. The second-order valence-corrected chi connectivity index (χ2v) is 5.48. The molecule has 17 heavy (non-hydrogen) atoms. The average Bonchev–Trinajstić information content (AvgIpc) is 2.33. The smallest absolute Gasteiger partial charge is 0.158 e. The molecule has 1 aliphatic carbocycles. The van der Waals surface area contributed by atoms with Gasteiger partial charge in [-0.1, -0.05) is 13.8 Å². The highest BCUT2D eigenvalue weighted by atomic mass is 15.0. The fraction of sp³-hybridized carbons (Fsp3) is 0.615. The zero-order valence-corrected chi connectivity index (χ0v) is 10.4. The van der Waals surface area contributed by atoms with Gasteiger partial charge in [0.15, 0.2) is 5.69 Å². The van der Waals surface area contributed by atoms with Crippen molar-refractivity contribution in [2.45, 2.75) is 45.6 Å². The summed E-state index contributed by atoms with van der Waals surface area (Å²) in [7, 11) is 0. The zero-order valence-electron chi connectivity index (χ0n) is 10.4. The maximum absolute atomic E-state index is 8.63. The molecule has 0 spiro atoms. The van der Waals surface area contributed by atoms with Crippen LogP contribution in [-0.2, 0) is 0 Å². The van der Waals surface area contributed by atoms with Crippen molar-refractivity contribution in [3.05, 3.63) is 18.1 Å². The summed E-state index contributed by atoms with van der Waals surface area (Å²) in [5.41, 5.74) is 0.842. The molecule has 0 unspecified atom stereocenters. The molecular formula is C13H18N4. The largest absolute Gasteiger partial charge is 0.366 e. The highest BCUT2D eigenvalue weighted by Gasteiger charge is 2.26. The molecule has 0 amide bonds. The lowest BCUT2D eigenvalue weighted by Crippen LogP contribution is -2.30. The normalized spacial score (nSPS) is 19.6. The molecule has 1 aromatic heterocycles. The molecule has 1 aromatic rings. The number of nitrogens with one attached hydrogen (secondary N) is 1. The van der Waals surface area contributed by atoms with Gasteiger partial charge in [-0.05, 0) is 31.1 Å². The molecular weight excluding hydrogens is 212 g/mol. The van der Waals surface area contributed by atoms with Gasteiger partial charge in [-0.3, -0.25) is 0 Å². The van der Waals surface area contributed by atoms with Crippen LogP contribution in [-0.4, -0.2) is 16.0 Å². The molecule has 0 saturated heterocycles. The van der Waals surface area contributed by atoms with E-state index in [0.717, 1.165) is 5.82 Å². The Morgan fingerprint density at radius 1 is 1.29 bits per heavy atom. The van der Waals surface area contributed by atoms with E-state index < -0.39 is 0 Å². The van der Waals surface area contributed by atoms with Crippen molar-refractivity contribution in [3.63, 3.8) is 0 Å². The monoisotopic (exact) mass is 230 g/mol. The van der Waals surface area contributed by atoms with E-state index in [9.17, 15) is 0 Å². The number of hydrogen-bond acceptors (Lipinski definition) is 4. The molecule has 2 rings (SSSR count). The lowest BCUT2D eigenvalue weighted by Gasteiger charge is -2.34. The highest BCUT2D eigenvalue weighted by Crippen LogP contribution is 2.35. The molecule has 1 heterocycles. The van der Waals surface area contributed by atoms with Crippen molar-refractivity contribution in [1.29, 1.82) is 5.26 Å². The fourth-order valence-electron chi connectivity index (χ4n) is 2.21. The molecule has 0 radical (unpaired) electrons. The van der Waals surface area contributed by atoms with Crippen LogP contribution in [0.4, 0.5) is 5.82 Å². The van der Waals surface area contributed by atoms with Crippen LogP contribution >= 0.6 is 0 Å². The molecule has 0 aliphatic heterocycles. The van der Waals surface area contributed by atoms with Gasteiger partial charge in [0.05, 0.1) is 12.4 Å². The summed E-state index contributed by atoms with van der Waals surface area (Å²) in [6.45, 7) is 4.65. The van der Waals surface area contributed by atoms with Gasteiger partial charge in [0.2, 0.25) is 0 Å². The average molecular weight is 230 g/mol. The zero-order chi connectivity index (χ0) is 12.3. The third-order valence-corrected chi connectivity index (χ3v) is 3.46. The van der Waals surface area contributed by atoms with E-state index in [-0.39, 0.29) is 0 Å². The molecule has 1 N–H and O–H groups in total. The third kappa shape index (κ3) is 3.16. The Morgan fingerprint density at radius 2 is 2.00 bits per heavy atom. The number of hydrogen-bond donors (Lipinski definition) is 1. The molecule has 1 saturated carbocycles. The van der Waals surface area contributed by atoms with Crippen LogP contribution in [0.15, 0.2) is 12.4 Å². The Labute approximate surface area is 102 Å². The fourth-order valence-corrected chi connectivity index (χ4v) is 2.21. The van der Waals surface area contributed by atoms with Crippen LogP contribution in [0.25, 0.3) is 0 Å². The Hall–Kier alpha value is -1.63. The summed E-state index contributed by atoms with van der Waals surface area (Å²) < 4.78 is 0. The lowest BCUT2D eigenvalue weighted by atomic mass is 9.75. The van der Waals surface area contributed by atoms with Crippen LogP contribution < -0.4 is 5.32 Å². The van der Waals surface area contributed by atoms with Gasteiger partial charge in [0.25, 0.3) is 0 Å². The van der Waals surface area contributed by atoms with E-state index in [1.54, 1.807) is 6.20 Å². The van der Waals surface area contributed by atoms with Gasteiger partial charge in [-0.2, -0.15) is 5.26 Å². The maximum Gasteiger partial charge on any atom is 0.158 e. The number of nitriles is 1. The van der Waals surface area contributed by atoms with Crippen LogP contribution in [0.5, 0.6) is 0 Å². The van der Waals surface area contributed by atoms with E-state index in [1.165, 1.54) is 31.9 Å². The summed E-state index contributed by atoms with van der Waals surface area (Å²) in [6.07, 6.45) is 7.99. The minimum absolute atomic E-state index is 0.361. The number of aromatic nitrogens is 2. The number of anilines is 1. The minimum Gasteiger partial charge on any atom is -0.366 e. The summed E-state index contributed by atoms with van der Waals surface area (Å²) in [5, 5.41) is 12.0. The van der Waals surface area contributed by atoms with Crippen molar-refractivity contribution < 1.29 is 0 Å². The molecule has 4 heteroatoms. The first-order valence-electron chi connectivity index (χ1n) is 6.08. The van der Waals surface area contributed by atoms with Crippen LogP contribution in [0.3, 0.4) is 0 Å². The van der Waals surface area contributed by atoms with Crippen molar-refractivity contribution in [3.8, 4) is 6.07 Å². The SMILES string of the molecule is CC1(C)CCC(Nc2cnc(C#N)cn2)CC1. The van der Waals surface area contributed by atoms with Gasteiger partial charge >= 0.3 is 0 Å². The molecule has 0 bridgehead atoms. The Bertz CT molecular complexity index is 406. The first-order chi connectivity index (χ1) is 8.09. The van der Waals surface area contributed by atoms with E-state index in [1.807, 2.05) is 6.07 Å². The summed E-state index contributed by atoms with van der Waals surface area (Å²) in [6, 6.07) is 2.46. The Morgan fingerprint density at radius 3 is 2.53 bits per heavy atom. The van der Waals surface area contributed by atoms with Crippen molar-refractivity contribution >= 4 is 5.82 Å². The van der Waals surface area contributed by atoms with Gasteiger partial charge in [-0.15, -0.1) is 0 Å². The van der Waals surface area contributed by atoms with E-state index in [2.05, 4.69) is 29.1 Å². The van der Waals surface area contributed by atoms with Crippen molar-refractivity contribution in [2.24, 2.45) is 5.41 Å². The second-order valence-electron chi connectivity index (χ2n) is 5.48. The predicted octanol–water partition coefficient (Wildman–Crippen LogP) is 2.73. The second kappa shape index (κ2) is 4.70. The first kappa shape index (κ1) is 11.8. The predicted molar refractivity (Wildman–Crippen MR) is 66.4 cm³/mol. The van der Waals surface area contributed by atoms with Crippen molar-refractivity contribution in [2.75, 3.05) is 5.32 Å². The van der Waals surface area contributed by atoms with E-state index in [0.29, 0.717) is 17.2 Å². The molecule has 4 nitrogen and oxygen atoms in total. The Balaban J connectivity index is 1.91. The topological polar surface area (TPSA) is 61.6 Å².